The van der Waals surface area contributed by atoms with E-state index >= 15 is 0 Å². The monoisotopic (exact) mass is 610 g/mol. The lowest BCUT2D eigenvalue weighted by Gasteiger charge is -2.28. The van der Waals surface area contributed by atoms with Gasteiger partial charge in [0.15, 0.2) is 0 Å². The molecule has 5 N–H and O–H groups in total. The summed E-state index contributed by atoms with van der Waals surface area (Å²) in [5, 5.41) is 8.77. The molecule has 0 spiro atoms. The first kappa shape index (κ1) is 30.6. The number of amides is 5. The van der Waals surface area contributed by atoms with Gasteiger partial charge in [-0.1, -0.05) is 37.1 Å². The molecule has 228 valence electrons. The maximum atomic E-state index is 13.6. The molecule has 0 bridgehead atoms. The molecule has 0 radical (unpaired) electrons. The Hall–Kier alpha value is -3.81. The number of piperidine rings is 1. The van der Waals surface area contributed by atoms with Crippen molar-refractivity contribution < 1.29 is 28.4 Å². The van der Waals surface area contributed by atoms with Crippen LogP contribution in [0.1, 0.15) is 64.8 Å². The van der Waals surface area contributed by atoms with Crippen LogP contribution in [0.4, 0.5) is 10.1 Å². The molecular formula is C30H35FN6O5S. The van der Waals surface area contributed by atoms with Crippen molar-refractivity contribution in [2.75, 3.05) is 30.8 Å². The lowest BCUT2D eigenvalue weighted by atomic mass is 9.83. The molecule has 2 aromatic rings. The van der Waals surface area contributed by atoms with Crippen molar-refractivity contribution in [2.24, 2.45) is 11.7 Å². The minimum Gasteiger partial charge on any atom is -0.384 e. The summed E-state index contributed by atoms with van der Waals surface area (Å²) in [5.41, 5.74) is 7.69. The van der Waals surface area contributed by atoms with Gasteiger partial charge in [-0.05, 0) is 55.6 Å². The number of nitrogens with one attached hydrogen (secondary N) is 3. The minimum absolute atomic E-state index is 0.0498. The molecular weight excluding hydrogens is 575 g/mol. The van der Waals surface area contributed by atoms with Gasteiger partial charge in [0.25, 0.3) is 11.8 Å². The largest absolute Gasteiger partial charge is 0.384 e. The van der Waals surface area contributed by atoms with E-state index in [2.05, 4.69) is 20.3 Å². The SMILES string of the molecule is CCNCSN1CC(c2ccc(F)cc2)C(C(N)=O)C1CCCNc1cccc2c1C(=O)N(C1CCC(=O)NC1=O)C2=O. The summed E-state index contributed by atoms with van der Waals surface area (Å²) in [5.74, 6) is -2.94. The summed E-state index contributed by atoms with van der Waals surface area (Å²) in [6.07, 6.45) is 1.39. The number of carbonyl (C=O) groups is 5. The van der Waals surface area contributed by atoms with Gasteiger partial charge < -0.3 is 16.4 Å². The van der Waals surface area contributed by atoms with E-state index in [0.717, 1.165) is 17.0 Å². The average molecular weight is 611 g/mol. The highest BCUT2D eigenvalue weighted by Crippen LogP contribution is 2.42. The molecule has 43 heavy (non-hydrogen) atoms. The Morgan fingerprint density at radius 3 is 2.58 bits per heavy atom. The fraction of sp³-hybridized carbons (Fsp3) is 0.433. The summed E-state index contributed by atoms with van der Waals surface area (Å²) in [7, 11) is 0. The molecule has 3 heterocycles. The Morgan fingerprint density at radius 1 is 1.12 bits per heavy atom. The Bertz CT molecular complexity index is 1420. The van der Waals surface area contributed by atoms with Crippen molar-refractivity contribution in [1.29, 1.82) is 0 Å². The summed E-state index contributed by atoms with van der Waals surface area (Å²) in [6, 6.07) is 9.95. The van der Waals surface area contributed by atoms with Crippen molar-refractivity contribution in [2.45, 2.75) is 50.6 Å². The number of hydrogen-bond acceptors (Lipinski definition) is 9. The normalized spacial score (nSPS) is 23.9. The van der Waals surface area contributed by atoms with Crippen LogP contribution >= 0.6 is 11.9 Å². The Labute approximate surface area is 253 Å². The second-order valence-electron chi connectivity index (χ2n) is 10.9. The fourth-order valence-corrected chi connectivity index (χ4v) is 7.36. The van der Waals surface area contributed by atoms with E-state index in [1.54, 1.807) is 42.3 Å². The van der Waals surface area contributed by atoms with Crippen LogP contribution in [0.15, 0.2) is 42.5 Å². The van der Waals surface area contributed by atoms with Crippen molar-refractivity contribution in [3.8, 4) is 0 Å². The zero-order valence-corrected chi connectivity index (χ0v) is 24.6. The highest BCUT2D eigenvalue weighted by atomic mass is 32.2. The molecule has 4 unspecified atom stereocenters. The first-order valence-electron chi connectivity index (χ1n) is 14.4. The highest BCUT2D eigenvalue weighted by Gasteiger charge is 2.47. The second-order valence-corrected chi connectivity index (χ2v) is 11.9. The van der Waals surface area contributed by atoms with E-state index in [9.17, 15) is 28.4 Å². The average Bonchev–Trinajstić information content (AvgIpc) is 3.47. The minimum atomic E-state index is -1.04. The van der Waals surface area contributed by atoms with Crippen LogP contribution in [0.3, 0.4) is 0 Å². The van der Waals surface area contributed by atoms with Gasteiger partial charge >= 0.3 is 0 Å². The number of imide groups is 2. The molecule has 0 saturated carbocycles. The maximum Gasteiger partial charge on any atom is 0.264 e. The molecule has 5 amide bonds. The van der Waals surface area contributed by atoms with Crippen LogP contribution in [0.25, 0.3) is 0 Å². The van der Waals surface area contributed by atoms with Crippen LogP contribution in [-0.4, -0.2) is 76.3 Å². The van der Waals surface area contributed by atoms with E-state index < -0.39 is 41.5 Å². The number of nitrogens with zero attached hydrogens (tertiary/aromatic N) is 2. The lowest BCUT2D eigenvalue weighted by molar-refractivity contribution is -0.136. The third kappa shape index (κ3) is 6.29. The quantitative estimate of drug-likeness (QED) is 0.123. The number of nitrogens with two attached hydrogens (primary N) is 1. The molecule has 5 rings (SSSR count). The number of carbonyl (C=O) groups excluding carboxylic acids is 5. The highest BCUT2D eigenvalue weighted by molar-refractivity contribution is 7.97. The number of anilines is 1. The van der Waals surface area contributed by atoms with Crippen LogP contribution in [0.5, 0.6) is 0 Å². The van der Waals surface area contributed by atoms with Gasteiger partial charge in [-0.15, -0.1) is 0 Å². The predicted molar refractivity (Wildman–Crippen MR) is 159 cm³/mol. The van der Waals surface area contributed by atoms with Crippen LogP contribution in [-0.2, 0) is 14.4 Å². The zero-order chi connectivity index (χ0) is 30.7. The molecule has 13 heteroatoms. The third-order valence-corrected chi connectivity index (χ3v) is 9.35. The Morgan fingerprint density at radius 2 is 1.88 bits per heavy atom. The van der Waals surface area contributed by atoms with Crippen molar-refractivity contribution in [3.63, 3.8) is 0 Å². The van der Waals surface area contributed by atoms with Gasteiger partial charge in [-0.2, -0.15) is 0 Å². The van der Waals surface area contributed by atoms with Gasteiger partial charge in [0.2, 0.25) is 17.7 Å². The number of rotatable bonds is 12. The van der Waals surface area contributed by atoms with Gasteiger partial charge in [0.1, 0.15) is 11.9 Å². The standard InChI is InChI=1S/C30H35FN6O5S/c1-2-33-16-43-36-15-20(17-8-10-18(31)11-9-17)26(27(32)39)22(36)7-4-14-34-21-6-3-5-19-25(21)30(42)37(29(19)41)23-12-13-24(38)35-28(23)40/h3,5-6,8-11,20,22-23,26,33-34H,2,4,7,12-16H2,1H3,(H2,32,39)(H,35,38,40). The van der Waals surface area contributed by atoms with Crippen LogP contribution < -0.4 is 21.7 Å². The van der Waals surface area contributed by atoms with Crippen molar-refractivity contribution in [1.82, 2.24) is 19.8 Å². The predicted octanol–water partition coefficient (Wildman–Crippen LogP) is 2.20. The number of hydrogen-bond donors (Lipinski definition) is 4. The smallest absolute Gasteiger partial charge is 0.264 e. The summed E-state index contributed by atoms with van der Waals surface area (Å²) < 4.78 is 15.8. The first-order chi connectivity index (χ1) is 20.7. The molecule has 3 aliphatic rings. The third-order valence-electron chi connectivity index (χ3n) is 8.26. The van der Waals surface area contributed by atoms with E-state index in [-0.39, 0.29) is 41.7 Å². The molecule has 0 aliphatic carbocycles. The fourth-order valence-electron chi connectivity index (χ4n) is 6.20. The summed E-state index contributed by atoms with van der Waals surface area (Å²) >= 11 is 1.60. The molecule has 3 aliphatic heterocycles. The number of fused-ring (bicyclic) bond motifs is 1. The topological polar surface area (TPSA) is 154 Å². The summed E-state index contributed by atoms with van der Waals surface area (Å²) in [6.45, 7) is 3.86. The van der Waals surface area contributed by atoms with E-state index in [4.69, 9.17) is 5.73 Å². The van der Waals surface area contributed by atoms with E-state index in [1.807, 2.05) is 6.92 Å². The van der Waals surface area contributed by atoms with E-state index in [0.29, 0.717) is 37.5 Å². The summed E-state index contributed by atoms with van der Waals surface area (Å²) in [4.78, 5) is 64.2. The molecule has 2 aromatic carbocycles. The van der Waals surface area contributed by atoms with Crippen LogP contribution in [0.2, 0.25) is 0 Å². The molecule has 4 atom stereocenters. The van der Waals surface area contributed by atoms with Gasteiger partial charge in [0, 0.05) is 37.2 Å². The van der Waals surface area contributed by atoms with Crippen molar-refractivity contribution >= 4 is 47.2 Å². The van der Waals surface area contributed by atoms with Crippen molar-refractivity contribution in [3.05, 3.63) is 65.0 Å². The van der Waals surface area contributed by atoms with Crippen LogP contribution in [0, 0.1) is 11.7 Å². The Kier molecular flexibility index (Phi) is 9.43. The number of benzene rings is 2. The molecule has 11 nitrogen and oxygen atoms in total. The second kappa shape index (κ2) is 13.2. The molecule has 2 saturated heterocycles. The molecule has 0 aromatic heterocycles. The first-order valence-corrected chi connectivity index (χ1v) is 15.4. The Balaban J connectivity index is 1.27. The molecule has 2 fully saturated rings. The van der Waals surface area contributed by atoms with Gasteiger partial charge in [-0.3, -0.25) is 34.2 Å². The van der Waals surface area contributed by atoms with E-state index in [1.165, 1.54) is 12.1 Å². The number of halogens is 1. The zero-order valence-electron chi connectivity index (χ0n) is 23.8. The maximum absolute atomic E-state index is 13.6. The van der Waals surface area contributed by atoms with Gasteiger partial charge in [0.05, 0.1) is 22.9 Å². The van der Waals surface area contributed by atoms with Gasteiger partial charge in [-0.25, -0.2) is 8.70 Å². The number of primary amides is 1. The lowest BCUT2D eigenvalue weighted by Crippen LogP contribution is -2.54.